The smallest absolute Gasteiger partial charge is 0.255 e. The Balaban J connectivity index is 1.59. The molecule has 1 fully saturated rings. The van der Waals surface area contributed by atoms with E-state index in [0.717, 1.165) is 17.7 Å². The number of thioether (sulfide) groups is 1. The molecule has 2 heterocycles. The summed E-state index contributed by atoms with van der Waals surface area (Å²) in [5.74, 6) is 0.00936. The number of carbonyl (C=O) groups is 2. The van der Waals surface area contributed by atoms with Crippen LogP contribution in [0.3, 0.4) is 0 Å². The van der Waals surface area contributed by atoms with Crippen LogP contribution in [0.15, 0.2) is 46.2 Å². The lowest BCUT2D eigenvalue weighted by Gasteiger charge is -2.25. The van der Waals surface area contributed by atoms with E-state index < -0.39 is 10.0 Å². The van der Waals surface area contributed by atoms with Gasteiger partial charge in [-0.15, -0.1) is 11.8 Å². The number of fused-ring (bicyclic) bond motifs is 1. The second-order valence-electron chi connectivity index (χ2n) is 7.47. The number of hydrogen-bond acceptors (Lipinski definition) is 5. The molecule has 0 aliphatic carbocycles. The van der Waals surface area contributed by atoms with E-state index in [1.807, 2.05) is 6.07 Å². The largest absolute Gasteiger partial charge is 0.322 e. The summed E-state index contributed by atoms with van der Waals surface area (Å²) >= 11 is 1.45. The molecule has 1 saturated heterocycles. The molecule has 2 aromatic carbocycles. The molecular weight excluding hydrogens is 422 g/mol. The summed E-state index contributed by atoms with van der Waals surface area (Å²) in [5, 5.41) is 2.79. The molecule has 2 aliphatic heterocycles. The van der Waals surface area contributed by atoms with Crippen LogP contribution in [0.4, 0.5) is 11.4 Å². The van der Waals surface area contributed by atoms with Gasteiger partial charge in [0.1, 0.15) is 0 Å². The van der Waals surface area contributed by atoms with E-state index in [0.29, 0.717) is 41.3 Å². The summed E-state index contributed by atoms with van der Waals surface area (Å²) in [6, 6.07) is 10.1. The number of anilines is 2. The molecule has 158 valence electrons. The van der Waals surface area contributed by atoms with Crippen LogP contribution in [-0.4, -0.2) is 50.4 Å². The topological polar surface area (TPSA) is 86.8 Å². The quantitative estimate of drug-likeness (QED) is 0.782. The number of carbonyl (C=O) groups excluding carboxylic acids is 2. The van der Waals surface area contributed by atoms with Crippen LogP contribution in [0.2, 0.25) is 0 Å². The number of nitrogens with one attached hydrogen (secondary N) is 1. The Kier molecular flexibility index (Phi) is 5.61. The summed E-state index contributed by atoms with van der Waals surface area (Å²) in [6.07, 6.45) is 1.73. The molecule has 2 amide bonds. The van der Waals surface area contributed by atoms with Gasteiger partial charge in [-0.1, -0.05) is 6.07 Å². The predicted octanol–water partition coefficient (Wildman–Crippen LogP) is 3.10. The maximum absolute atomic E-state index is 13.0. The van der Waals surface area contributed by atoms with Crippen LogP contribution >= 0.6 is 11.8 Å². The van der Waals surface area contributed by atoms with E-state index >= 15 is 0 Å². The van der Waals surface area contributed by atoms with Gasteiger partial charge in [-0.05, 0) is 55.7 Å². The zero-order valence-electron chi connectivity index (χ0n) is 16.8. The molecule has 0 bridgehead atoms. The van der Waals surface area contributed by atoms with Gasteiger partial charge in [-0.25, -0.2) is 8.42 Å². The average molecular weight is 446 g/mol. The molecule has 2 aromatic rings. The van der Waals surface area contributed by atoms with Crippen molar-refractivity contribution in [1.29, 1.82) is 0 Å². The van der Waals surface area contributed by atoms with E-state index in [4.69, 9.17) is 0 Å². The molecule has 4 rings (SSSR count). The SMILES string of the molecule is Cc1ccc(NC(=O)c2ccc3c(c2)N(C)C(=O)CS3)cc1S(=O)(=O)N1CCCC1. The van der Waals surface area contributed by atoms with Crippen molar-refractivity contribution in [2.24, 2.45) is 0 Å². The number of sulfonamides is 1. The zero-order valence-corrected chi connectivity index (χ0v) is 18.5. The molecule has 0 saturated carbocycles. The molecular formula is C21H23N3O4S2. The van der Waals surface area contributed by atoms with Crippen LogP contribution in [0.25, 0.3) is 0 Å². The first-order chi connectivity index (χ1) is 14.3. The number of benzene rings is 2. The van der Waals surface area contributed by atoms with Crippen molar-refractivity contribution in [3.63, 3.8) is 0 Å². The first-order valence-electron chi connectivity index (χ1n) is 9.73. The van der Waals surface area contributed by atoms with Gasteiger partial charge >= 0.3 is 0 Å². The lowest BCUT2D eigenvalue weighted by atomic mass is 10.1. The summed E-state index contributed by atoms with van der Waals surface area (Å²) in [7, 11) is -1.89. The van der Waals surface area contributed by atoms with E-state index in [9.17, 15) is 18.0 Å². The molecule has 0 atom stereocenters. The van der Waals surface area contributed by atoms with Gasteiger partial charge in [0.2, 0.25) is 15.9 Å². The molecule has 9 heteroatoms. The van der Waals surface area contributed by atoms with E-state index in [-0.39, 0.29) is 16.7 Å². The number of amides is 2. The molecule has 0 spiro atoms. The third-order valence-electron chi connectivity index (χ3n) is 5.44. The maximum atomic E-state index is 13.0. The summed E-state index contributed by atoms with van der Waals surface area (Å²) in [6.45, 7) is 2.80. The molecule has 2 aliphatic rings. The van der Waals surface area contributed by atoms with E-state index in [2.05, 4.69) is 5.32 Å². The summed E-state index contributed by atoms with van der Waals surface area (Å²) in [4.78, 5) is 27.5. The van der Waals surface area contributed by atoms with Crippen LogP contribution in [0, 0.1) is 6.92 Å². The van der Waals surface area contributed by atoms with Crippen LogP contribution in [0.1, 0.15) is 28.8 Å². The minimum atomic E-state index is -3.58. The van der Waals surface area contributed by atoms with Crippen LogP contribution in [-0.2, 0) is 14.8 Å². The van der Waals surface area contributed by atoms with Crippen molar-refractivity contribution >= 4 is 45.0 Å². The Morgan fingerprint density at radius 2 is 1.83 bits per heavy atom. The highest BCUT2D eigenvalue weighted by atomic mass is 32.2. The first-order valence-corrected chi connectivity index (χ1v) is 12.2. The van der Waals surface area contributed by atoms with Gasteiger partial charge in [0, 0.05) is 36.3 Å². The lowest BCUT2D eigenvalue weighted by Crippen LogP contribution is -2.31. The standard InChI is InChI=1S/C21H23N3O4S2/c1-14-5-7-16(12-19(14)30(27,28)24-9-3-4-10-24)22-21(26)15-6-8-18-17(11-15)23(2)20(25)13-29-18/h5-8,11-12H,3-4,9-10,13H2,1-2H3,(H,22,26). The van der Waals surface area contributed by atoms with Crippen LogP contribution in [0.5, 0.6) is 0 Å². The third kappa shape index (κ3) is 3.84. The van der Waals surface area contributed by atoms with Gasteiger partial charge in [0.15, 0.2) is 0 Å². The van der Waals surface area contributed by atoms with Crippen molar-refractivity contribution in [3.8, 4) is 0 Å². The van der Waals surface area contributed by atoms with E-state index in [1.54, 1.807) is 43.1 Å². The number of aryl methyl sites for hydroxylation is 1. The Labute approximate surface area is 180 Å². The normalized spacial score (nSPS) is 17.1. The number of hydrogen-bond donors (Lipinski definition) is 1. The second-order valence-corrected chi connectivity index (χ2v) is 10.4. The molecule has 0 aromatic heterocycles. The average Bonchev–Trinajstić information content (AvgIpc) is 3.28. The highest BCUT2D eigenvalue weighted by Crippen LogP contribution is 2.35. The van der Waals surface area contributed by atoms with Gasteiger partial charge in [0.25, 0.3) is 5.91 Å². The molecule has 0 unspecified atom stereocenters. The van der Waals surface area contributed by atoms with Gasteiger partial charge in [0.05, 0.1) is 16.3 Å². The van der Waals surface area contributed by atoms with Crippen LogP contribution < -0.4 is 10.2 Å². The van der Waals surface area contributed by atoms with Crippen molar-refractivity contribution < 1.29 is 18.0 Å². The molecule has 1 N–H and O–H groups in total. The zero-order chi connectivity index (χ0) is 21.5. The molecule has 7 nitrogen and oxygen atoms in total. The fourth-order valence-corrected chi connectivity index (χ4v) is 6.39. The summed E-state index contributed by atoms with van der Waals surface area (Å²) < 4.78 is 27.4. The van der Waals surface area contributed by atoms with Crippen molar-refractivity contribution in [3.05, 3.63) is 47.5 Å². The molecule has 30 heavy (non-hydrogen) atoms. The number of rotatable bonds is 4. The fraction of sp³-hybridized carbons (Fsp3) is 0.333. The highest BCUT2D eigenvalue weighted by molar-refractivity contribution is 8.00. The van der Waals surface area contributed by atoms with Gasteiger partial charge < -0.3 is 10.2 Å². The van der Waals surface area contributed by atoms with Crippen molar-refractivity contribution in [1.82, 2.24) is 4.31 Å². The Bertz CT molecular complexity index is 1130. The van der Waals surface area contributed by atoms with Gasteiger partial charge in [-0.3, -0.25) is 9.59 Å². The highest BCUT2D eigenvalue weighted by Gasteiger charge is 2.29. The van der Waals surface area contributed by atoms with Crippen molar-refractivity contribution in [2.45, 2.75) is 29.6 Å². The maximum Gasteiger partial charge on any atom is 0.255 e. The fourth-order valence-electron chi connectivity index (χ4n) is 3.64. The minimum absolute atomic E-state index is 0.0136. The second kappa shape index (κ2) is 8.05. The van der Waals surface area contributed by atoms with Gasteiger partial charge in [-0.2, -0.15) is 4.31 Å². The Hall–Kier alpha value is -2.36. The minimum Gasteiger partial charge on any atom is -0.322 e. The monoisotopic (exact) mass is 445 g/mol. The first kappa shape index (κ1) is 20.9. The lowest BCUT2D eigenvalue weighted by molar-refractivity contribution is -0.116. The third-order valence-corrected chi connectivity index (χ3v) is 8.52. The summed E-state index contributed by atoms with van der Waals surface area (Å²) in [5.41, 5.74) is 2.16. The Morgan fingerprint density at radius 1 is 1.10 bits per heavy atom. The molecule has 0 radical (unpaired) electrons. The predicted molar refractivity (Wildman–Crippen MR) is 118 cm³/mol. The van der Waals surface area contributed by atoms with E-state index in [1.165, 1.54) is 22.1 Å². The number of nitrogens with zero attached hydrogens (tertiary/aromatic N) is 2. The Morgan fingerprint density at radius 3 is 2.57 bits per heavy atom. The van der Waals surface area contributed by atoms with Crippen molar-refractivity contribution in [2.75, 3.05) is 36.1 Å².